The Morgan fingerprint density at radius 3 is 2.83 bits per heavy atom. The van der Waals surface area contributed by atoms with Crippen LogP contribution in [0.2, 0.25) is 0 Å². The maximum absolute atomic E-state index is 13.3. The van der Waals surface area contributed by atoms with Crippen molar-refractivity contribution in [2.75, 3.05) is 0 Å². The zero-order valence-electron chi connectivity index (χ0n) is 9.85. The minimum Gasteiger partial charge on any atom is -0.487 e. The minimum absolute atomic E-state index is 0.0102. The summed E-state index contributed by atoms with van der Waals surface area (Å²) in [5, 5.41) is 8.61. The van der Waals surface area contributed by atoms with Crippen LogP contribution in [-0.4, -0.2) is 4.98 Å². The summed E-state index contributed by atoms with van der Waals surface area (Å²) in [5.74, 6) is -0.193. The Balaban J connectivity index is 2.07. The van der Waals surface area contributed by atoms with E-state index in [2.05, 4.69) is 4.98 Å². The molecule has 0 N–H and O–H groups in total. The van der Waals surface area contributed by atoms with Gasteiger partial charge in [0, 0.05) is 11.8 Å². The van der Waals surface area contributed by atoms with Crippen LogP contribution in [0.15, 0.2) is 36.4 Å². The second-order valence-electron chi connectivity index (χ2n) is 3.81. The van der Waals surface area contributed by atoms with E-state index in [-0.39, 0.29) is 12.2 Å². The molecular weight excluding hydrogens is 231 g/mol. The van der Waals surface area contributed by atoms with Gasteiger partial charge in [0.1, 0.15) is 24.2 Å². The first-order valence-corrected chi connectivity index (χ1v) is 5.44. The van der Waals surface area contributed by atoms with E-state index in [0.29, 0.717) is 5.75 Å². The lowest BCUT2D eigenvalue weighted by atomic mass is 10.2. The number of rotatable bonds is 3. The molecule has 0 aliphatic heterocycles. The van der Waals surface area contributed by atoms with Gasteiger partial charge in [0.25, 0.3) is 0 Å². The molecule has 90 valence electrons. The van der Waals surface area contributed by atoms with E-state index >= 15 is 0 Å². The Hall–Kier alpha value is -2.41. The summed E-state index contributed by atoms with van der Waals surface area (Å²) < 4.78 is 18.7. The predicted octanol–water partition coefficient (Wildman–Crippen LogP) is 2.98. The van der Waals surface area contributed by atoms with Crippen LogP contribution in [-0.2, 0) is 6.61 Å². The number of hydrogen-bond donors (Lipinski definition) is 0. The molecule has 1 aromatic heterocycles. The molecule has 0 bridgehead atoms. The summed E-state index contributed by atoms with van der Waals surface area (Å²) in [4.78, 5) is 4.27. The topological polar surface area (TPSA) is 45.9 Å². The number of aromatic nitrogens is 1. The van der Waals surface area contributed by atoms with Crippen molar-refractivity contribution >= 4 is 0 Å². The molecule has 0 amide bonds. The first-order valence-electron chi connectivity index (χ1n) is 5.44. The molecule has 2 aromatic rings. The predicted molar refractivity (Wildman–Crippen MR) is 64.4 cm³/mol. The van der Waals surface area contributed by atoms with Gasteiger partial charge in [-0.3, -0.25) is 4.98 Å². The van der Waals surface area contributed by atoms with Crippen LogP contribution in [0.4, 0.5) is 4.39 Å². The molecule has 0 fully saturated rings. The van der Waals surface area contributed by atoms with E-state index in [4.69, 9.17) is 10.00 Å². The summed E-state index contributed by atoms with van der Waals surface area (Å²) in [5.41, 5.74) is 1.69. The van der Waals surface area contributed by atoms with Gasteiger partial charge in [-0.1, -0.05) is 6.07 Å². The van der Waals surface area contributed by atoms with E-state index in [1.54, 1.807) is 12.1 Å². The summed E-state index contributed by atoms with van der Waals surface area (Å²) in [6, 6.07) is 11.6. The van der Waals surface area contributed by atoms with E-state index in [1.165, 1.54) is 12.1 Å². The van der Waals surface area contributed by atoms with Gasteiger partial charge in [-0.05, 0) is 31.2 Å². The van der Waals surface area contributed by atoms with Gasteiger partial charge in [-0.15, -0.1) is 0 Å². The molecule has 0 saturated heterocycles. The standard InChI is InChI=1S/C14H11FN2O/c1-10-3-2-4-12(17-10)9-18-13-6-5-11(8-16)14(15)7-13/h2-7H,9H2,1H3. The molecular formula is C14H11FN2O. The molecule has 3 nitrogen and oxygen atoms in total. The molecule has 0 atom stereocenters. The van der Waals surface area contributed by atoms with Gasteiger partial charge >= 0.3 is 0 Å². The third-order valence-corrected chi connectivity index (χ3v) is 2.39. The lowest BCUT2D eigenvalue weighted by molar-refractivity contribution is 0.299. The molecule has 0 unspecified atom stereocenters. The van der Waals surface area contributed by atoms with E-state index < -0.39 is 5.82 Å². The van der Waals surface area contributed by atoms with Crippen molar-refractivity contribution in [1.29, 1.82) is 5.26 Å². The molecule has 0 radical (unpaired) electrons. The van der Waals surface area contributed by atoms with E-state index in [0.717, 1.165) is 11.4 Å². The van der Waals surface area contributed by atoms with Crippen molar-refractivity contribution in [3.8, 4) is 11.8 Å². The highest BCUT2D eigenvalue weighted by molar-refractivity contribution is 5.36. The maximum Gasteiger partial charge on any atom is 0.144 e. The zero-order chi connectivity index (χ0) is 13.0. The van der Waals surface area contributed by atoms with Gasteiger partial charge in [-0.25, -0.2) is 4.39 Å². The van der Waals surface area contributed by atoms with Gasteiger partial charge in [0.05, 0.1) is 11.3 Å². The van der Waals surface area contributed by atoms with Crippen LogP contribution < -0.4 is 4.74 Å². The highest BCUT2D eigenvalue weighted by Crippen LogP contribution is 2.17. The monoisotopic (exact) mass is 242 g/mol. The number of benzene rings is 1. The van der Waals surface area contributed by atoms with E-state index in [9.17, 15) is 4.39 Å². The maximum atomic E-state index is 13.3. The molecule has 1 aromatic carbocycles. The number of aryl methyl sites for hydroxylation is 1. The number of nitrogens with zero attached hydrogens (tertiary/aromatic N) is 2. The first kappa shape index (κ1) is 12.1. The van der Waals surface area contributed by atoms with Crippen molar-refractivity contribution in [2.24, 2.45) is 0 Å². The van der Waals surface area contributed by atoms with Gasteiger partial charge in [0.2, 0.25) is 0 Å². The minimum atomic E-state index is -0.577. The molecule has 18 heavy (non-hydrogen) atoms. The third-order valence-electron chi connectivity index (χ3n) is 2.39. The van der Waals surface area contributed by atoms with Crippen LogP contribution in [0, 0.1) is 24.1 Å². The highest BCUT2D eigenvalue weighted by Gasteiger charge is 2.04. The second-order valence-corrected chi connectivity index (χ2v) is 3.81. The molecule has 0 saturated carbocycles. The zero-order valence-corrected chi connectivity index (χ0v) is 9.85. The summed E-state index contributed by atoms with van der Waals surface area (Å²) in [7, 11) is 0. The SMILES string of the molecule is Cc1cccc(COc2ccc(C#N)c(F)c2)n1. The van der Waals surface area contributed by atoms with Crippen molar-refractivity contribution in [1.82, 2.24) is 4.98 Å². The number of ether oxygens (including phenoxy) is 1. The van der Waals surface area contributed by atoms with E-state index in [1.807, 2.05) is 25.1 Å². The fraction of sp³-hybridized carbons (Fsp3) is 0.143. The Kier molecular flexibility index (Phi) is 3.54. The smallest absolute Gasteiger partial charge is 0.144 e. The normalized spacial score (nSPS) is 9.83. The van der Waals surface area contributed by atoms with Crippen LogP contribution in [0.1, 0.15) is 17.0 Å². The number of halogens is 1. The second kappa shape index (κ2) is 5.28. The fourth-order valence-electron chi connectivity index (χ4n) is 1.51. The lowest BCUT2D eigenvalue weighted by Gasteiger charge is -2.06. The first-order chi connectivity index (χ1) is 8.69. The molecule has 2 rings (SSSR count). The number of hydrogen-bond acceptors (Lipinski definition) is 3. The van der Waals surface area contributed by atoms with Gasteiger partial charge in [0.15, 0.2) is 0 Å². The van der Waals surface area contributed by atoms with Gasteiger partial charge < -0.3 is 4.74 Å². The number of nitriles is 1. The fourth-order valence-corrected chi connectivity index (χ4v) is 1.51. The largest absolute Gasteiger partial charge is 0.487 e. The third kappa shape index (κ3) is 2.83. The van der Waals surface area contributed by atoms with Crippen LogP contribution in [0.5, 0.6) is 5.75 Å². The van der Waals surface area contributed by atoms with Crippen molar-refractivity contribution in [3.63, 3.8) is 0 Å². The van der Waals surface area contributed by atoms with Crippen LogP contribution in [0.25, 0.3) is 0 Å². The summed E-state index contributed by atoms with van der Waals surface area (Å²) in [6.45, 7) is 2.16. The summed E-state index contributed by atoms with van der Waals surface area (Å²) >= 11 is 0. The average Bonchev–Trinajstić information content (AvgIpc) is 2.37. The van der Waals surface area contributed by atoms with Gasteiger partial charge in [-0.2, -0.15) is 5.26 Å². The van der Waals surface area contributed by atoms with Crippen molar-refractivity contribution in [2.45, 2.75) is 13.5 Å². The van der Waals surface area contributed by atoms with Crippen LogP contribution >= 0.6 is 0 Å². The Labute approximate surface area is 104 Å². The highest BCUT2D eigenvalue weighted by atomic mass is 19.1. The lowest BCUT2D eigenvalue weighted by Crippen LogP contribution is -1.99. The molecule has 0 aliphatic carbocycles. The quantitative estimate of drug-likeness (QED) is 0.831. The molecule has 0 aliphatic rings. The van der Waals surface area contributed by atoms with Crippen molar-refractivity contribution < 1.29 is 9.13 Å². The molecule has 0 spiro atoms. The Morgan fingerprint density at radius 1 is 1.33 bits per heavy atom. The molecule has 4 heteroatoms. The Morgan fingerprint density at radius 2 is 2.17 bits per heavy atom. The van der Waals surface area contributed by atoms with Crippen molar-refractivity contribution in [3.05, 3.63) is 59.2 Å². The molecule has 1 heterocycles. The van der Waals surface area contributed by atoms with Crippen LogP contribution in [0.3, 0.4) is 0 Å². The Bertz CT molecular complexity index is 605. The number of pyridine rings is 1. The average molecular weight is 242 g/mol. The summed E-state index contributed by atoms with van der Waals surface area (Å²) in [6.07, 6.45) is 0.